The fourth-order valence-electron chi connectivity index (χ4n) is 1.12. The molecule has 8 heteroatoms. The molecule has 0 spiro atoms. The van der Waals surface area contributed by atoms with Gasteiger partial charge in [0.05, 0.1) is 12.2 Å². The largest absolute Gasteiger partial charge is 0.347 e. The summed E-state index contributed by atoms with van der Waals surface area (Å²) in [5.41, 5.74) is 0. The number of H-pyrrole nitrogens is 1. The molecular weight excluding hydrogens is 232 g/mol. The van der Waals surface area contributed by atoms with Gasteiger partial charge in [-0.25, -0.2) is 8.42 Å². The molecule has 0 radical (unpaired) electrons. The van der Waals surface area contributed by atoms with Crippen LogP contribution >= 0.6 is 0 Å². The highest BCUT2D eigenvalue weighted by Crippen LogP contribution is 2.05. The summed E-state index contributed by atoms with van der Waals surface area (Å²) in [6.07, 6.45) is 2.42. The Morgan fingerprint density at radius 3 is 2.62 bits per heavy atom. The molecule has 1 rings (SSSR count). The molecular formula is C8H14N4O3S. The molecule has 0 fully saturated rings. The maximum Gasteiger partial charge on any atom is 0.244 e. The molecule has 0 saturated carbocycles. The van der Waals surface area contributed by atoms with Crippen molar-refractivity contribution in [3.8, 4) is 0 Å². The molecule has 0 aromatic carbocycles. The van der Waals surface area contributed by atoms with Crippen LogP contribution in [-0.2, 0) is 14.8 Å². The molecule has 7 nitrogen and oxygen atoms in total. The highest BCUT2D eigenvalue weighted by atomic mass is 32.2. The highest BCUT2D eigenvalue weighted by Gasteiger charge is 2.23. The minimum atomic E-state index is -3.69. The maximum atomic E-state index is 11.7. The average molecular weight is 246 g/mol. The van der Waals surface area contributed by atoms with Crippen molar-refractivity contribution in [2.75, 3.05) is 14.1 Å². The zero-order valence-corrected chi connectivity index (χ0v) is 10.1. The van der Waals surface area contributed by atoms with Crippen LogP contribution in [0.1, 0.15) is 6.92 Å². The van der Waals surface area contributed by atoms with Crippen molar-refractivity contribution in [2.45, 2.75) is 17.9 Å². The molecule has 0 aliphatic heterocycles. The summed E-state index contributed by atoms with van der Waals surface area (Å²) in [4.78, 5) is 12.8. The second-order valence-corrected chi connectivity index (χ2v) is 5.22. The van der Waals surface area contributed by atoms with Crippen LogP contribution in [0.5, 0.6) is 0 Å². The van der Waals surface area contributed by atoms with E-state index in [0.29, 0.717) is 0 Å². The van der Waals surface area contributed by atoms with Crippen LogP contribution in [0.15, 0.2) is 17.3 Å². The number of carbonyl (C=O) groups excluding carboxylic acids is 1. The predicted molar refractivity (Wildman–Crippen MR) is 57.1 cm³/mol. The number of hydrogen-bond donors (Lipinski definition) is 2. The number of rotatable bonds is 4. The van der Waals surface area contributed by atoms with E-state index in [2.05, 4.69) is 14.9 Å². The van der Waals surface area contributed by atoms with Crippen LogP contribution in [0, 0.1) is 0 Å². The molecule has 16 heavy (non-hydrogen) atoms. The molecule has 1 atom stereocenters. The van der Waals surface area contributed by atoms with Crippen molar-refractivity contribution >= 4 is 15.9 Å². The monoisotopic (exact) mass is 246 g/mol. The number of amides is 1. The van der Waals surface area contributed by atoms with Gasteiger partial charge in [-0.15, -0.1) is 0 Å². The summed E-state index contributed by atoms with van der Waals surface area (Å²) in [6, 6.07) is -0.810. The molecule has 0 aliphatic carbocycles. The quantitative estimate of drug-likeness (QED) is 0.724. The van der Waals surface area contributed by atoms with Crippen LogP contribution < -0.4 is 4.72 Å². The number of carbonyl (C=O) groups is 1. The minimum absolute atomic E-state index is 0.00547. The van der Waals surface area contributed by atoms with Crippen molar-refractivity contribution in [3.05, 3.63) is 12.4 Å². The predicted octanol–water partition coefficient (Wildman–Crippen LogP) is -0.835. The Kier molecular flexibility index (Phi) is 3.66. The summed E-state index contributed by atoms with van der Waals surface area (Å²) in [5, 5.41) is 5.93. The molecule has 1 amide bonds. The number of sulfonamides is 1. The normalized spacial score (nSPS) is 13.4. The van der Waals surface area contributed by atoms with Crippen LogP contribution in [0.4, 0.5) is 0 Å². The Bertz CT molecular complexity index is 452. The molecule has 1 aromatic rings. The zero-order chi connectivity index (χ0) is 12.3. The average Bonchev–Trinajstić information content (AvgIpc) is 2.68. The topological polar surface area (TPSA) is 95.2 Å². The molecule has 0 aliphatic rings. The van der Waals surface area contributed by atoms with E-state index in [4.69, 9.17) is 0 Å². The SMILES string of the molecule is CC(NS(=O)(=O)c1cn[nH]c1)C(=O)N(C)C. The van der Waals surface area contributed by atoms with E-state index in [1.165, 1.54) is 24.2 Å². The lowest BCUT2D eigenvalue weighted by Crippen LogP contribution is -2.44. The van der Waals surface area contributed by atoms with Gasteiger partial charge < -0.3 is 4.90 Å². The number of nitrogens with one attached hydrogen (secondary N) is 2. The van der Waals surface area contributed by atoms with Gasteiger partial charge in [0.1, 0.15) is 4.90 Å². The first-order chi connectivity index (χ1) is 7.34. The number of aromatic amines is 1. The Morgan fingerprint density at radius 2 is 2.19 bits per heavy atom. The Labute approximate surface area is 93.9 Å². The molecule has 0 saturated heterocycles. The van der Waals surface area contributed by atoms with Crippen LogP contribution in [0.3, 0.4) is 0 Å². The second kappa shape index (κ2) is 4.62. The fourth-order valence-corrected chi connectivity index (χ4v) is 2.23. The fraction of sp³-hybridized carbons (Fsp3) is 0.500. The van der Waals surface area contributed by atoms with E-state index < -0.39 is 16.1 Å². The minimum Gasteiger partial charge on any atom is -0.347 e. The van der Waals surface area contributed by atoms with Gasteiger partial charge in [-0.1, -0.05) is 0 Å². The zero-order valence-electron chi connectivity index (χ0n) is 9.26. The molecule has 1 unspecified atom stereocenters. The van der Waals surface area contributed by atoms with Gasteiger partial charge in [0.15, 0.2) is 0 Å². The highest BCUT2D eigenvalue weighted by molar-refractivity contribution is 7.89. The molecule has 0 bridgehead atoms. The third-order valence-electron chi connectivity index (χ3n) is 1.93. The Balaban J connectivity index is 2.79. The van der Waals surface area contributed by atoms with Crippen molar-refractivity contribution in [2.24, 2.45) is 0 Å². The number of likely N-dealkylation sites (N-methyl/N-ethyl adjacent to an activating group) is 1. The number of nitrogens with zero attached hydrogens (tertiary/aromatic N) is 2. The van der Waals surface area contributed by atoms with Crippen molar-refractivity contribution < 1.29 is 13.2 Å². The number of aromatic nitrogens is 2. The Hall–Kier alpha value is -1.41. The first kappa shape index (κ1) is 12.7. The number of hydrogen-bond acceptors (Lipinski definition) is 4. The van der Waals surface area contributed by atoms with Crippen LogP contribution in [0.2, 0.25) is 0 Å². The molecule has 90 valence electrons. The van der Waals surface area contributed by atoms with Gasteiger partial charge in [0.25, 0.3) is 0 Å². The lowest BCUT2D eigenvalue weighted by Gasteiger charge is -2.17. The van der Waals surface area contributed by atoms with Crippen LogP contribution in [0.25, 0.3) is 0 Å². The summed E-state index contributed by atoms with van der Waals surface area (Å²) in [5.74, 6) is -0.313. The smallest absolute Gasteiger partial charge is 0.244 e. The van der Waals surface area contributed by atoms with Gasteiger partial charge in [-0.05, 0) is 6.92 Å². The van der Waals surface area contributed by atoms with E-state index in [1.54, 1.807) is 14.1 Å². The van der Waals surface area contributed by atoms with E-state index >= 15 is 0 Å². The summed E-state index contributed by atoms with van der Waals surface area (Å²) >= 11 is 0. The third-order valence-corrected chi connectivity index (χ3v) is 3.43. The molecule has 2 N–H and O–H groups in total. The van der Waals surface area contributed by atoms with Gasteiger partial charge >= 0.3 is 0 Å². The lowest BCUT2D eigenvalue weighted by atomic mass is 10.3. The Morgan fingerprint density at radius 1 is 1.56 bits per heavy atom. The van der Waals surface area contributed by atoms with Crippen molar-refractivity contribution in [3.63, 3.8) is 0 Å². The van der Waals surface area contributed by atoms with Gasteiger partial charge in [-0.2, -0.15) is 9.82 Å². The van der Waals surface area contributed by atoms with Gasteiger partial charge in [-0.3, -0.25) is 9.89 Å². The second-order valence-electron chi connectivity index (χ2n) is 3.51. The summed E-state index contributed by atoms with van der Waals surface area (Å²) in [6.45, 7) is 1.49. The van der Waals surface area contributed by atoms with E-state index in [0.717, 1.165) is 0 Å². The first-order valence-electron chi connectivity index (χ1n) is 4.57. The molecule has 1 aromatic heterocycles. The maximum absolute atomic E-state index is 11.7. The third kappa shape index (κ3) is 2.80. The first-order valence-corrected chi connectivity index (χ1v) is 6.05. The summed E-state index contributed by atoms with van der Waals surface area (Å²) < 4.78 is 25.6. The van der Waals surface area contributed by atoms with Gasteiger partial charge in [0, 0.05) is 20.3 Å². The standard InChI is InChI=1S/C8H14N4O3S/c1-6(8(13)12(2)3)11-16(14,15)7-4-9-10-5-7/h4-6,11H,1-3H3,(H,9,10). The van der Waals surface area contributed by atoms with E-state index in [9.17, 15) is 13.2 Å². The van der Waals surface area contributed by atoms with E-state index in [1.807, 2.05) is 0 Å². The summed E-state index contributed by atoms with van der Waals surface area (Å²) in [7, 11) is -0.565. The molecule has 1 heterocycles. The van der Waals surface area contributed by atoms with Gasteiger partial charge in [0.2, 0.25) is 15.9 Å². The van der Waals surface area contributed by atoms with E-state index in [-0.39, 0.29) is 10.8 Å². The van der Waals surface area contributed by atoms with Crippen LogP contribution in [-0.4, -0.2) is 49.6 Å². The lowest BCUT2D eigenvalue weighted by molar-refractivity contribution is -0.130. The van der Waals surface area contributed by atoms with Crippen molar-refractivity contribution in [1.82, 2.24) is 19.8 Å². The van der Waals surface area contributed by atoms with Crippen molar-refractivity contribution in [1.29, 1.82) is 0 Å².